The third-order valence-corrected chi connectivity index (χ3v) is 12.9. The second kappa shape index (κ2) is 16.4. The molecule has 0 spiro atoms. The lowest BCUT2D eigenvalue weighted by molar-refractivity contribution is -0.148. The van der Waals surface area contributed by atoms with Gasteiger partial charge in [0.05, 0.1) is 48.0 Å². The molecular formula is C43H54N4O8S. The van der Waals surface area contributed by atoms with Gasteiger partial charge in [-0.15, -0.1) is 6.58 Å². The van der Waals surface area contributed by atoms with E-state index < -0.39 is 50.7 Å². The normalized spacial score (nSPS) is 23.0. The highest BCUT2D eigenvalue weighted by Gasteiger charge is 2.61. The summed E-state index contributed by atoms with van der Waals surface area (Å²) in [6.07, 6.45) is 3.96. The molecule has 0 radical (unpaired) electrons. The van der Waals surface area contributed by atoms with Crippen LogP contribution in [0, 0.1) is 22.7 Å². The molecule has 3 aliphatic rings. The highest BCUT2D eigenvalue weighted by molar-refractivity contribution is 7.90. The number of ether oxygens (including phenoxy) is 2. The molecule has 3 heterocycles. The van der Waals surface area contributed by atoms with Crippen LogP contribution in [0.1, 0.15) is 72.6 Å². The van der Waals surface area contributed by atoms with Gasteiger partial charge in [-0.2, -0.15) is 0 Å². The average molecular weight is 787 g/mol. The summed E-state index contributed by atoms with van der Waals surface area (Å²) in [5.74, 6) is -1.82. The van der Waals surface area contributed by atoms with Crippen molar-refractivity contribution < 1.29 is 37.1 Å². The largest absolute Gasteiger partial charge is 0.497 e. The maximum Gasteiger partial charge on any atom is 0.240 e. The van der Waals surface area contributed by atoms with E-state index in [4.69, 9.17) is 14.5 Å². The summed E-state index contributed by atoms with van der Waals surface area (Å²) in [5.41, 5.74) is 0.262. The first-order chi connectivity index (χ1) is 26.6. The van der Waals surface area contributed by atoms with E-state index >= 15 is 0 Å². The molecule has 2 aliphatic heterocycles. The van der Waals surface area contributed by atoms with Crippen molar-refractivity contribution in [2.75, 3.05) is 32.5 Å². The van der Waals surface area contributed by atoms with E-state index in [9.17, 15) is 27.6 Å². The number of methoxy groups -OCH3 is 1. The number of nitrogens with one attached hydrogen (secondary N) is 1. The van der Waals surface area contributed by atoms with Crippen LogP contribution >= 0.6 is 0 Å². The van der Waals surface area contributed by atoms with Crippen LogP contribution in [0.15, 0.2) is 67.3 Å². The number of hydrogen-bond acceptors (Lipinski definition) is 9. The van der Waals surface area contributed by atoms with Gasteiger partial charge in [0.15, 0.2) is 5.78 Å². The summed E-state index contributed by atoms with van der Waals surface area (Å²) < 4.78 is 39.3. The average Bonchev–Trinajstić information content (AvgIpc) is 3.75. The zero-order chi connectivity index (χ0) is 40.4. The maximum absolute atomic E-state index is 14.9. The lowest BCUT2D eigenvalue weighted by atomic mass is 9.77. The molecule has 0 bridgehead atoms. The minimum Gasteiger partial charge on any atom is -0.497 e. The Hall–Kier alpha value is -4.78. The molecule has 12 nitrogen and oxygen atoms in total. The number of benzene rings is 2. The van der Waals surface area contributed by atoms with Crippen molar-refractivity contribution in [1.29, 1.82) is 0 Å². The summed E-state index contributed by atoms with van der Waals surface area (Å²) in [5, 5.41) is 0.720. The fraction of sp³-hybridized carbons (Fsp3) is 0.512. The summed E-state index contributed by atoms with van der Waals surface area (Å²) in [4.78, 5) is 64.8. The lowest BCUT2D eigenvalue weighted by Gasteiger charge is -2.36. The van der Waals surface area contributed by atoms with Crippen LogP contribution < -0.4 is 14.2 Å². The Morgan fingerprint density at radius 1 is 1.05 bits per heavy atom. The number of aromatic nitrogens is 1. The molecule has 300 valence electrons. The predicted octanol–water partition coefficient (Wildman–Crippen LogP) is 5.94. The fourth-order valence-electron chi connectivity index (χ4n) is 8.11. The van der Waals surface area contributed by atoms with Crippen molar-refractivity contribution in [3.63, 3.8) is 0 Å². The molecule has 0 unspecified atom stereocenters. The van der Waals surface area contributed by atoms with E-state index in [2.05, 4.69) is 11.3 Å². The van der Waals surface area contributed by atoms with E-state index in [-0.39, 0.29) is 55.6 Å². The third kappa shape index (κ3) is 8.77. The molecule has 6 rings (SSSR count). The number of likely N-dealkylation sites (tertiary alicyclic amines) is 2. The smallest absolute Gasteiger partial charge is 0.240 e. The Bertz CT molecular complexity index is 2090. The van der Waals surface area contributed by atoms with Crippen LogP contribution in [-0.4, -0.2) is 91.3 Å². The molecule has 1 aliphatic carbocycles. The number of amides is 3. The van der Waals surface area contributed by atoms with Gasteiger partial charge in [-0.05, 0) is 56.1 Å². The molecule has 56 heavy (non-hydrogen) atoms. The van der Waals surface area contributed by atoms with E-state index in [0.717, 1.165) is 30.2 Å². The molecule has 5 atom stereocenters. The van der Waals surface area contributed by atoms with E-state index in [1.807, 2.05) is 80.3 Å². The topological polar surface area (TPSA) is 152 Å². The molecule has 1 N–H and O–H groups in total. The first-order valence-corrected chi connectivity index (χ1v) is 21.2. The van der Waals surface area contributed by atoms with Crippen LogP contribution in [0.3, 0.4) is 0 Å². The number of carbonyl (C=O) groups is 4. The number of nitrogens with zero attached hydrogens (tertiary/aromatic N) is 3. The number of piperidine rings is 1. The van der Waals surface area contributed by atoms with Crippen LogP contribution in [0.5, 0.6) is 11.5 Å². The zero-order valence-corrected chi connectivity index (χ0v) is 33.9. The van der Waals surface area contributed by atoms with Gasteiger partial charge >= 0.3 is 0 Å². The number of ketones is 1. The van der Waals surface area contributed by atoms with Crippen LogP contribution in [0.4, 0.5) is 0 Å². The second-order valence-corrected chi connectivity index (χ2v) is 18.5. The van der Waals surface area contributed by atoms with Crippen LogP contribution in [0.25, 0.3) is 22.2 Å². The van der Waals surface area contributed by atoms with E-state index in [1.54, 1.807) is 13.2 Å². The van der Waals surface area contributed by atoms with Gasteiger partial charge in [-0.1, -0.05) is 57.2 Å². The number of sulfonamides is 1. The minimum absolute atomic E-state index is 0.00227. The number of carbonyl (C=O) groups excluding carboxylic acids is 4. The Morgan fingerprint density at radius 3 is 2.39 bits per heavy atom. The molecule has 1 saturated carbocycles. The van der Waals surface area contributed by atoms with Crippen molar-refractivity contribution in [2.45, 2.75) is 84.8 Å². The molecule has 1 aromatic heterocycles. The minimum atomic E-state index is -3.89. The summed E-state index contributed by atoms with van der Waals surface area (Å²) in [6.45, 7) is 12.4. The van der Waals surface area contributed by atoms with Gasteiger partial charge in [-0.3, -0.25) is 23.9 Å². The number of pyridine rings is 1. The monoisotopic (exact) mass is 786 g/mol. The number of Topliss-reactive ketones (excluding diaryl/α,β-unsaturated/α-hetero) is 1. The molecule has 3 fully saturated rings. The van der Waals surface area contributed by atoms with E-state index in [1.165, 1.54) is 11.8 Å². The van der Waals surface area contributed by atoms with Gasteiger partial charge in [-0.25, -0.2) is 13.4 Å². The Kier molecular flexibility index (Phi) is 11.9. The van der Waals surface area contributed by atoms with Gasteiger partial charge in [0, 0.05) is 55.4 Å². The number of rotatable bonds is 14. The number of hydrogen-bond donors (Lipinski definition) is 1. The standard InChI is InChI=1S/C43H54N4O8S/c1-7-29-25-43(29,41(51)45-56(52,53)8-2)26-37(48)36-22-31(27-47(36)40(50)33(42(3,4)5)23-39(49)46-19-13-10-14-20-46)55-38-24-34(28-15-11-9-12-16-28)44-35-21-30(54-6)17-18-32(35)38/h7,9,11-12,15-18,21,24,29,31,33,36H,1,8,10,13-14,19-20,22-23,25-27H2,2-6H3,(H,45,51)/t29-,31-,33-,36+,43-/m1/s1. The fourth-order valence-corrected chi connectivity index (χ4v) is 8.74. The third-order valence-electron chi connectivity index (χ3n) is 11.7. The van der Waals surface area contributed by atoms with Gasteiger partial charge in [0.25, 0.3) is 0 Å². The Labute approximate surface area is 330 Å². The lowest BCUT2D eigenvalue weighted by Crippen LogP contribution is -2.49. The predicted molar refractivity (Wildman–Crippen MR) is 214 cm³/mol. The Morgan fingerprint density at radius 2 is 1.77 bits per heavy atom. The first-order valence-electron chi connectivity index (χ1n) is 19.6. The summed E-state index contributed by atoms with van der Waals surface area (Å²) in [6, 6.07) is 16.1. The van der Waals surface area contributed by atoms with Crippen molar-refractivity contribution in [3.05, 3.63) is 67.3 Å². The molecule has 3 amide bonds. The van der Waals surface area contributed by atoms with Gasteiger partial charge in [0.1, 0.15) is 17.6 Å². The van der Waals surface area contributed by atoms with Gasteiger partial charge in [0.2, 0.25) is 27.7 Å². The highest BCUT2D eigenvalue weighted by Crippen LogP contribution is 2.57. The van der Waals surface area contributed by atoms with Crippen LogP contribution in [-0.2, 0) is 29.2 Å². The molecular weight excluding hydrogens is 733 g/mol. The SMILES string of the molecule is C=C[C@@H]1C[C@]1(CC(=O)[C@@H]1C[C@@H](Oc2cc(-c3ccccc3)nc3cc(OC)ccc23)CN1C(=O)[C@@H](CC(=O)N1CCCCC1)C(C)(C)C)C(=O)NS(=O)(=O)CC. The van der Waals surface area contributed by atoms with E-state index in [0.29, 0.717) is 35.8 Å². The van der Waals surface area contributed by atoms with Crippen LogP contribution in [0.2, 0.25) is 0 Å². The molecule has 13 heteroatoms. The zero-order valence-electron chi connectivity index (χ0n) is 33.1. The highest BCUT2D eigenvalue weighted by atomic mass is 32.2. The number of fused-ring (bicyclic) bond motifs is 1. The number of allylic oxidation sites excluding steroid dienone is 1. The quantitative estimate of drug-likeness (QED) is 0.196. The summed E-state index contributed by atoms with van der Waals surface area (Å²) >= 11 is 0. The summed E-state index contributed by atoms with van der Waals surface area (Å²) in [7, 11) is -2.30. The molecule has 2 aromatic carbocycles. The van der Waals surface area contributed by atoms with Crippen molar-refractivity contribution in [2.24, 2.45) is 22.7 Å². The maximum atomic E-state index is 14.9. The Balaban J connectivity index is 1.35. The van der Waals surface area contributed by atoms with Gasteiger partial charge < -0.3 is 19.3 Å². The molecule has 2 saturated heterocycles. The first kappa shape index (κ1) is 40.9. The second-order valence-electron chi connectivity index (χ2n) is 16.5. The van der Waals surface area contributed by atoms with Crippen molar-refractivity contribution in [1.82, 2.24) is 19.5 Å². The van der Waals surface area contributed by atoms with Crippen molar-refractivity contribution >= 4 is 44.4 Å². The van der Waals surface area contributed by atoms with Crippen molar-refractivity contribution in [3.8, 4) is 22.8 Å². The molecule has 3 aromatic rings.